The Morgan fingerprint density at radius 2 is 2.06 bits per heavy atom. The number of imide groups is 1. The van der Waals surface area contributed by atoms with Crippen molar-refractivity contribution in [1.82, 2.24) is 10.6 Å². The highest BCUT2D eigenvalue weighted by Gasteiger charge is 2.24. The van der Waals surface area contributed by atoms with E-state index in [0.29, 0.717) is 12.6 Å². The number of quaternary nitrogens is 1. The van der Waals surface area contributed by atoms with Gasteiger partial charge in [0.25, 0.3) is 5.91 Å². The van der Waals surface area contributed by atoms with Crippen LogP contribution in [0.25, 0.3) is 0 Å². The molecule has 98 valence electrons. The molecular formula is C12H24N3O2+. The van der Waals surface area contributed by atoms with Gasteiger partial charge < -0.3 is 10.2 Å². The lowest BCUT2D eigenvalue weighted by Gasteiger charge is -2.29. The van der Waals surface area contributed by atoms with Gasteiger partial charge in [-0.1, -0.05) is 0 Å². The molecule has 0 aromatic heterocycles. The fraction of sp³-hybridized carbons (Fsp3) is 0.833. The second-order valence-corrected chi connectivity index (χ2v) is 5.16. The summed E-state index contributed by atoms with van der Waals surface area (Å²) in [4.78, 5) is 24.3. The Labute approximate surface area is 103 Å². The van der Waals surface area contributed by atoms with Crippen LogP contribution in [-0.4, -0.2) is 37.1 Å². The van der Waals surface area contributed by atoms with E-state index in [9.17, 15) is 9.59 Å². The molecule has 1 unspecified atom stereocenters. The first kappa shape index (κ1) is 14.0. The highest BCUT2D eigenvalue weighted by molar-refractivity contribution is 5.94. The molecule has 1 aliphatic rings. The molecule has 5 nitrogen and oxygen atoms in total. The van der Waals surface area contributed by atoms with Crippen molar-refractivity contribution in [1.29, 1.82) is 0 Å². The number of rotatable bonds is 3. The number of piperidine rings is 1. The van der Waals surface area contributed by atoms with Gasteiger partial charge in [0.1, 0.15) is 0 Å². The molecule has 1 aliphatic heterocycles. The molecular weight excluding hydrogens is 218 g/mol. The van der Waals surface area contributed by atoms with Gasteiger partial charge in [0, 0.05) is 6.04 Å². The Kier molecular flexibility index (Phi) is 5.41. The first-order chi connectivity index (χ1) is 7.99. The molecule has 0 bridgehead atoms. The lowest BCUT2D eigenvalue weighted by atomic mass is 10.0. The number of urea groups is 1. The fourth-order valence-electron chi connectivity index (χ4n) is 2.19. The van der Waals surface area contributed by atoms with Crippen molar-refractivity contribution in [2.75, 3.05) is 13.1 Å². The Morgan fingerprint density at radius 3 is 2.65 bits per heavy atom. The zero-order chi connectivity index (χ0) is 12.8. The van der Waals surface area contributed by atoms with Crippen LogP contribution in [0.15, 0.2) is 0 Å². The van der Waals surface area contributed by atoms with Gasteiger partial charge in [-0.2, -0.15) is 0 Å². The predicted octanol–water partition coefficient (Wildman–Crippen LogP) is -0.322. The van der Waals surface area contributed by atoms with Crippen LogP contribution in [0.4, 0.5) is 4.79 Å². The van der Waals surface area contributed by atoms with E-state index < -0.39 is 6.03 Å². The Morgan fingerprint density at radius 1 is 1.35 bits per heavy atom. The molecule has 1 saturated heterocycles. The molecule has 0 saturated carbocycles. The van der Waals surface area contributed by atoms with Crippen LogP contribution in [0.5, 0.6) is 0 Å². The van der Waals surface area contributed by atoms with Crippen molar-refractivity contribution in [2.24, 2.45) is 0 Å². The van der Waals surface area contributed by atoms with E-state index in [1.54, 1.807) is 0 Å². The third-order valence-corrected chi connectivity index (χ3v) is 3.14. The maximum atomic E-state index is 11.7. The molecule has 0 aromatic rings. The summed E-state index contributed by atoms with van der Waals surface area (Å²) in [6, 6.07) is 0.167. The van der Waals surface area contributed by atoms with Crippen LogP contribution in [0.3, 0.4) is 0 Å². The molecule has 1 rings (SSSR count). The molecule has 0 spiro atoms. The van der Waals surface area contributed by atoms with Gasteiger partial charge in [-0.15, -0.1) is 0 Å². The van der Waals surface area contributed by atoms with E-state index in [1.807, 2.05) is 13.8 Å². The summed E-state index contributed by atoms with van der Waals surface area (Å²) < 4.78 is 0. The number of likely N-dealkylation sites (tertiary alicyclic amines) is 1. The van der Waals surface area contributed by atoms with Crippen LogP contribution in [0, 0.1) is 0 Å². The molecule has 3 N–H and O–H groups in total. The van der Waals surface area contributed by atoms with Crippen molar-refractivity contribution in [3.8, 4) is 0 Å². The molecule has 1 heterocycles. The van der Waals surface area contributed by atoms with Gasteiger partial charge in [-0.25, -0.2) is 4.79 Å². The quantitative estimate of drug-likeness (QED) is 0.635. The summed E-state index contributed by atoms with van der Waals surface area (Å²) in [5.74, 6) is -0.188. The van der Waals surface area contributed by atoms with Gasteiger partial charge in [-0.05, 0) is 40.0 Å². The first-order valence-electron chi connectivity index (χ1n) is 6.44. The van der Waals surface area contributed by atoms with Crippen molar-refractivity contribution < 1.29 is 14.5 Å². The topological polar surface area (TPSA) is 62.6 Å². The predicted molar refractivity (Wildman–Crippen MR) is 65.8 cm³/mol. The zero-order valence-electron chi connectivity index (χ0n) is 11.0. The lowest BCUT2D eigenvalue weighted by molar-refractivity contribution is -0.920. The van der Waals surface area contributed by atoms with E-state index >= 15 is 0 Å². The highest BCUT2D eigenvalue weighted by atomic mass is 16.2. The summed E-state index contributed by atoms with van der Waals surface area (Å²) in [5, 5.41) is 5.01. The number of hydrogen-bond donors (Lipinski definition) is 3. The first-order valence-corrected chi connectivity index (χ1v) is 6.44. The number of carbonyl (C=O) groups excluding carboxylic acids is 2. The molecule has 0 aromatic carbocycles. The Bertz CT molecular complexity index is 279. The molecule has 0 aliphatic carbocycles. The van der Waals surface area contributed by atoms with Gasteiger partial charge in [-0.3, -0.25) is 10.1 Å². The standard InChI is InChI=1S/C12H23N3O2/c1-9(2)13-12(17)14-11(16)8-15-7-5-4-6-10(15)3/h9-10H,4-8H2,1-3H3,(H2,13,14,16,17)/p+1/t10-/m0/s1. The minimum Gasteiger partial charge on any atom is -0.336 e. The van der Waals surface area contributed by atoms with E-state index in [4.69, 9.17) is 0 Å². The third kappa shape index (κ3) is 5.17. The average Bonchev–Trinajstić information content (AvgIpc) is 2.19. The van der Waals surface area contributed by atoms with Crippen LogP contribution in [0.1, 0.15) is 40.0 Å². The Balaban J connectivity index is 2.30. The number of hydrogen-bond acceptors (Lipinski definition) is 2. The van der Waals surface area contributed by atoms with Crippen LogP contribution >= 0.6 is 0 Å². The van der Waals surface area contributed by atoms with Crippen molar-refractivity contribution in [2.45, 2.75) is 52.1 Å². The summed E-state index contributed by atoms with van der Waals surface area (Å²) in [5.41, 5.74) is 0. The van der Waals surface area contributed by atoms with E-state index in [-0.39, 0.29) is 11.9 Å². The second kappa shape index (κ2) is 6.59. The van der Waals surface area contributed by atoms with E-state index in [2.05, 4.69) is 17.6 Å². The van der Waals surface area contributed by atoms with Gasteiger partial charge in [0.2, 0.25) is 0 Å². The maximum Gasteiger partial charge on any atom is 0.321 e. The normalized spacial score (nSPS) is 24.5. The van der Waals surface area contributed by atoms with Crippen LogP contribution in [-0.2, 0) is 4.79 Å². The SMILES string of the molecule is CC(C)NC(=O)NC(=O)C[NH+]1CCCC[C@@H]1C. The third-order valence-electron chi connectivity index (χ3n) is 3.14. The summed E-state index contributed by atoms with van der Waals surface area (Å²) in [7, 11) is 0. The van der Waals surface area contributed by atoms with Gasteiger partial charge in [0.05, 0.1) is 12.6 Å². The molecule has 17 heavy (non-hydrogen) atoms. The minimum absolute atomic E-state index is 0.0454. The number of nitrogens with one attached hydrogen (secondary N) is 3. The van der Waals surface area contributed by atoms with E-state index in [0.717, 1.165) is 6.54 Å². The van der Waals surface area contributed by atoms with Crippen molar-refractivity contribution in [3.05, 3.63) is 0 Å². The van der Waals surface area contributed by atoms with Crippen LogP contribution in [0.2, 0.25) is 0 Å². The highest BCUT2D eigenvalue weighted by Crippen LogP contribution is 2.01. The molecule has 1 fully saturated rings. The van der Waals surface area contributed by atoms with Crippen molar-refractivity contribution >= 4 is 11.9 Å². The second-order valence-electron chi connectivity index (χ2n) is 5.16. The van der Waals surface area contributed by atoms with Gasteiger partial charge >= 0.3 is 6.03 Å². The fourth-order valence-corrected chi connectivity index (χ4v) is 2.19. The van der Waals surface area contributed by atoms with E-state index in [1.165, 1.54) is 24.2 Å². The number of carbonyl (C=O) groups is 2. The van der Waals surface area contributed by atoms with Gasteiger partial charge in [0.15, 0.2) is 6.54 Å². The number of amides is 3. The maximum absolute atomic E-state index is 11.7. The Hall–Kier alpha value is -1.10. The molecule has 5 heteroatoms. The largest absolute Gasteiger partial charge is 0.336 e. The monoisotopic (exact) mass is 242 g/mol. The summed E-state index contributed by atoms with van der Waals surface area (Å²) >= 11 is 0. The summed E-state index contributed by atoms with van der Waals surface area (Å²) in [6.07, 6.45) is 3.59. The molecule has 2 atom stereocenters. The molecule has 0 radical (unpaired) electrons. The molecule has 3 amide bonds. The average molecular weight is 242 g/mol. The zero-order valence-corrected chi connectivity index (χ0v) is 11.0. The lowest BCUT2D eigenvalue weighted by Crippen LogP contribution is -3.17. The van der Waals surface area contributed by atoms with Crippen molar-refractivity contribution in [3.63, 3.8) is 0 Å². The summed E-state index contributed by atoms with van der Waals surface area (Å²) in [6.45, 7) is 7.31. The van der Waals surface area contributed by atoms with Crippen LogP contribution < -0.4 is 15.5 Å². The smallest absolute Gasteiger partial charge is 0.321 e. The minimum atomic E-state index is -0.394.